The molecule has 0 unspecified atom stereocenters. The summed E-state index contributed by atoms with van der Waals surface area (Å²) in [6.07, 6.45) is 0. The fourth-order valence-electron chi connectivity index (χ4n) is 1.57. The molecule has 0 aliphatic carbocycles. The van der Waals surface area contributed by atoms with Crippen LogP contribution >= 0.6 is 0 Å². The van der Waals surface area contributed by atoms with Gasteiger partial charge in [0.1, 0.15) is 0 Å². The van der Waals surface area contributed by atoms with E-state index in [-0.39, 0.29) is 11.5 Å². The number of nitrogens with zero attached hydrogens (tertiary/aromatic N) is 3. The van der Waals surface area contributed by atoms with Crippen molar-refractivity contribution in [2.24, 2.45) is 5.73 Å². The van der Waals surface area contributed by atoms with E-state index in [1.807, 2.05) is 17.0 Å². The first kappa shape index (κ1) is 11.3. The fourth-order valence-corrected chi connectivity index (χ4v) is 2.77. The zero-order valence-corrected chi connectivity index (χ0v) is 9.65. The highest BCUT2D eigenvalue weighted by molar-refractivity contribution is 7.91. The summed E-state index contributed by atoms with van der Waals surface area (Å²) in [5, 5.41) is 7.96. The minimum atomic E-state index is -2.85. The summed E-state index contributed by atoms with van der Waals surface area (Å²) < 4.78 is 22.5. The molecule has 1 saturated heterocycles. The van der Waals surface area contributed by atoms with Crippen molar-refractivity contribution in [3.05, 3.63) is 17.8 Å². The Labute approximate surface area is 94.4 Å². The summed E-state index contributed by atoms with van der Waals surface area (Å²) in [5.74, 6) is 1.09. The van der Waals surface area contributed by atoms with Crippen molar-refractivity contribution in [1.82, 2.24) is 10.2 Å². The minimum Gasteiger partial charge on any atom is -0.353 e. The lowest BCUT2D eigenvalue weighted by atomic mass is 10.3. The summed E-state index contributed by atoms with van der Waals surface area (Å²) in [6.45, 7) is 1.33. The van der Waals surface area contributed by atoms with Crippen LogP contribution in [-0.4, -0.2) is 43.2 Å². The number of nitrogens with two attached hydrogens (primary N) is 1. The van der Waals surface area contributed by atoms with Gasteiger partial charge in [-0.2, -0.15) is 5.10 Å². The number of anilines is 1. The Kier molecular flexibility index (Phi) is 3.06. The molecule has 0 bridgehead atoms. The van der Waals surface area contributed by atoms with Gasteiger partial charge >= 0.3 is 0 Å². The van der Waals surface area contributed by atoms with Crippen LogP contribution in [0.4, 0.5) is 5.82 Å². The first-order valence-corrected chi connectivity index (χ1v) is 6.91. The predicted octanol–water partition coefficient (Wildman–Crippen LogP) is -0.830. The fraction of sp³-hybridized carbons (Fsp3) is 0.556. The van der Waals surface area contributed by atoms with E-state index in [1.54, 1.807) is 0 Å². The lowest BCUT2D eigenvalue weighted by Gasteiger charge is -2.27. The molecule has 1 aliphatic heterocycles. The molecular weight excluding hydrogens is 228 g/mol. The average Bonchev–Trinajstić information content (AvgIpc) is 2.29. The van der Waals surface area contributed by atoms with Crippen LogP contribution < -0.4 is 10.6 Å². The van der Waals surface area contributed by atoms with Gasteiger partial charge in [0, 0.05) is 19.6 Å². The molecule has 1 fully saturated rings. The van der Waals surface area contributed by atoms with Crippen molar-refractivity contribution in [3.8, 4) is 0 Å². The van der Waals surface area contributed by atoms with E-state index in [1.165, 1.54) is 0 Å². The maximum Gasteiger partial charge on any atom is 0.153 e. The largest absolute Gasteiger partial charge is 0.353 e. The maximum absolute atomic E-state index is 11.2. The standard InChI is InChI=1S/C9H14N4O2S/c10-7-8-1-2-9(12-11-8)13-3-5-16(14,15)6-4-13/h1-2H,3-7,10H2. The summed E-state index contributed by atoms with van der Waals surface area (Å²) in [4.78, 5) is 1.92. The topological polar surface area (TPSA) is 89.2 Å². The lowest BCUT2D eigenvalue weighted by molar-refractivity contribution is 0.586. The Morgan fingerprint density at radius 1 is 1.25 bits per heavy atom. The van der Waals surface area contributed by atoms with Crippen LogP contribution in [0.15, 0.2) is 12.1 Å². The van der Waals surface area contributed by atoms with Crippen LogP contribution in [0, 0.1) is 0 Å². The first-order valence-electron chi connectivity index (χ1n) is 5.09. The summed E-state index contributed by atoms with van der Waals surface area (Å²) in [6, 6.07) is 3.64. The molecule has 1 aromatic rings. The lowest BCUT2D eigenvalue weighted by Crippen LogP contribution is -2.40. The van der Waals surface area contributed by atoms with Crippen LogP contribution in [0.1, 0.15) is 5.69 Å². The van der Waals surface area contributed by atoms with Crippen LogP contribution in [0.25, 0.3) is 0 Å². The van der Waals surface area contributed by atoms with Crippen molar-refractivity contribution in [2.45, 2.75) is 6.54 Å². The van der Waals surface area contributed by atoms with Crippen molar-refractivity contribution in [3.63, 3.8) is 0 Å². The van der Waals surface area contributed by atoms with E-state index >= 15 is 0 Å². The smallest absolute Gasteiger partial charge is 0.153 e. The van der Waals surface area contributed by atoms with Crippen molar-refractivity contribution >= 4 is 15.7 Å². The van der Waals surface area contributed by atoms with E-state index in [0.29, 0.717) is 25.5 Å². The Morgan fingerprint density at radius 2 is 1.94 bits per heavy atom. The molecule has 16 heavy (non-hydrogen) atoms. The highest BCUT2D eigenvalue weighted by Gasteiger charge is 2.22. The molecule has 2 heterocycles. The van der Waals surface area contributed by atoms with Gasteiger partial charge in [-0.15, -0.1) is 5.10 Å². The van der Waals surface area contributed by atoms with Crippen LogP contribution in [-0.2, 0) is 16.4 Å². The summed E-state index contributed by atoms with van der Waals surface area (Å²) in [7, 11) is -2.85. The molecule has 6 nitrogen and oxygen atoms in total. The van der Waals surface area contributed by atoms with Gasteiger partial charge < -0.3 is 10.6 Å². The Balaban J connectivity index is 2.08. The Hall–Kier alpha value is -1.21. The van der Waals surface area contributed by atoms with Crippen LogP contribution in [0.2, 0.25) is 0 Å². The Bertz CT molecular complexity index is 443. The van der Waals surface area contributed by atoms with Crippen molar-refractivity contribution in [1.29, 1.82) is 0 Å². The molecule has 1 aliphatic rings. The van der Waals surface area contributed by atoms with Crippen LogP contribution in [0.3, 0.4) is 0 Å². The number of sulfone groups is 1. The predicted molar refractivity (Wildman–Crippen MR) is 60.8 cm³/mol. The number of rotatable bonds is 2. The molecule has 7 heteroatoms. The third-order valence-corrected chi connectivity index (χ3v) is 4.19. The molecule has 1 aromatic heterocycles. The molecule has 0 aromatic carbocycles. The third-order valence-electron chi connectivity index (χ3n) is 2.58. The van der Waals surface area contributed by atoms with Gasteiger partial charge in [0.2, 0.25) is 0 Å². The molecule has 0 atom stereocenters. The molecule has 2 N–H and O–H groups in total. The van der Waals surface area contributed by atoms with Gasteiger partial charge in [-0.3, -0.25) is 0 Å². The zero-order valence-electron chi connectivity index (χ0n) is 8.83. The monoisotopic (exact) mass is 242 g/mol. The number of hydrogen-bond acceptors (Lipinski definition) is 6. The van der Waals surface area contributed by atoms with Crippen LogP contribution in [0.5, 0.6) is 0 Å². The van der Waals surface area contributed by atoms with E-state index in [0.717, 1.165) is 5.69 Å². The third kappa shape index (κ3) is 2.48. The molecule has 0 saturated carbocycles. The minimum absolute atomic E-state index is 0.188. The Morgan fingerprint density at radius 3 is 2.44 bits per heavy atom. The molecule has 2 rings (SSSR count). The molecule has 0 spiro atoms. The highest BCUT2D eigenvalue weighted by Crippen LogP contribution is 2.13. The summed E-state index contributed by atoms with van der Waals surface area (Å²) >= 11 is 0. The van der Waals surface area contributed by atoms with E-state index in [4.69, 9.17) is 5.73 Å². The number of aromatic nitrogens is 2. The molecule has 0 radical (unpaired) electrons. The number of hydrogen-bond donors (Lipinski definition) is 1. The highest BCUT2D eigenvalue weighted by atomic mass is 32.2. The van der Waals surface area contributed by atoms with E-state index in [9.17, 15) is 8.42 Å². The van der Waals surface area contributed by atoms with Crippen molar-refractivity contribution in [2.75, 3.05) is 29.5 Å². The normalized spacial score (nSPS) is 19.7. The van der Waals surface area contributed by atoms with Gasteiger partial charge in [-0.1, -0.05) is 0 Å². The van der Waals surface area contributed by atoms with Gasteiger partial charge in [-0.25, -0.2) is 8.42 Å². The van der Waals surface area contributed by atoms with Gasteiger partial charge in [0.25, 0.3) is 0 Å². The second kappa shape index (κ2) is 4.34. The maximum atomic E-state index is 11.2. The van der Waals surface area contributed by atoms with Crippen molar-refractivity contribution < 1.29 is 8.42 Å². The second-order valence-corrected chi connectivity index (χ2v) is 6.03. The van der Waals surface area contributed by atoms with E-state index in [2.05, 4.69) is 10.2 Å². The zero-order chi connectivity index (χ0) is 11.6. The quantitative estimate of drug-likeness (QED) is 0.728. The van der Waals surface area contributed by atoms with Gasteiger partial charge in [0.15, 0.2) is 15.7 Å². The molecule has 0 amide bonds. The van der Waals surface area contributed by atoms with Gasteiger partial charge in [-0.05, 0) is 12.1 Å². The van der Waals surface area contributed by atoms with Gasteiger partial charge in [0.05, 0.1) is 17.2 Å². The first-order chi connectivity index (χ1) is 7.61. The van der Waals surface area contributed by atoms with E-state index < -0.39 is 9.84 Å². The second-order valence-electron chi connectivity index (χ2n) is 3.73. The molecule has 88 valence electrons. The SMILES string of the molecule is NCc1ccc(N2CCS(=O)(=O)CC2)nn1. The summed E-state index contributed by atoms with van der Waals surface area (Å²) in [5.41, 5.74) is 6.15. The molecular formula is C9H14N4O2S. The average molecular weight is 242 g/mol.